The summed E-state index contributed by atoms with van der Waals surface area (Å²) in [5.74, 6) is 0.794. The van der Waals surface area contributed by atoms with E-state index >= 15 is 0 Å². The molecule has 142 valence electrons. The summed E-state index contributed by atoms with van der Waals surface area (Å²) in [7, 11) is 1.79. The molecule has 1 saturated heterocycles. The van der Waals surface area contributed by atoms with Gasteiger partial charge in [-0.3, -0.25) is 4.99 Å². The molecule has 1 aliphatic heterocycles. The Morgan fingerprint density at radius 3 is 2.72 bits per heavy atom. The summed E-state index contributed by atoms with van der Waals surface area (Å²) in [6.45, 7) is 7.26. The van der Waals surface area contributed by atoms with Gasteiger partial charge < -0.3 is 20.1 Å². The van der Waals surface area contributed by atoms with Gasteiger partial charge in [0.2, 0.25) is 0 Å². The molecule has 2 atom stereocenters. The summed E-state index contributed by atoms with van der Waals surface area (Å²) >= 11 is 0. The molecular weight excluding hydrogens is 429 g/mol. The van der Waals surface area contributed by atoms with Crippen molar-refractivity contribution < 1.29 is 9.47 Å². The predicted molar refractivity (Wildman–Crippen MR) is 114 cm³/mol. The van der Waals surface area contributed by atoms with E-state index in [9.17, 15) is 0 Å². The maximum absolute atomic E-state index is 5.66. The highest BCUT2D eigenvalue weighted by atomic mass is 127. The van der Waals surface area contributed by atoms with Gasteiger partial charge in [-0.1, -0.05) is 31.2 Å². The summed E-state index contributed by atoms with van der Waals surface area (Å²) in [6.07, 6.45) is 3.62. The molecule has 1 aromatic carbocycles. The fourth-order valence-electron chi connectivity index (χ4n) is 2.76. The van der Waals surface area contributed by atoms with Crippen molar-refractivity contribution in [3.63, 3.8) is 0 Å². The lowest BCUT2D eigenvalue weighted by atomic mass is 10.1. The van der Waals surface area contributed by atoms with Gasteiger partial charge in [0, 0.05) is 20.2 Å². The minimum Gasteiger partial charge on any atom is -0.377 e. The number of nitrogens with zero attached hydrogens (tertiary/aromatic N) is 1. The molecule has 5 nitrogen and oxygen atoms in total. The van der Waals surface area contributed by atoms with Crippen LogP contribution < -0.4 is 10.6 Å². The average Bonchev–Trinajstić information content (AvgIpc) is 3.13. The smallest absolute Gasteiger partial charge is 0.191 e. The maximum Gasteiger partial charge on any atom is 0.191 e. The molecule has 1 aromatic rings. The van der Waals surface area contributed by atoms with Crippen LogP contribution in [0.3, 0.4) is 0 Å². The van der Waals surface area contributed by atoms with Crippen molar-refractivity contribution in [2.24, 2.45) is 4.99 Å². The highest BCUT2D eigenvalue weighted by Crippen LogP contribution is 2.13. The first-order valence-corrected chi connectivity index (χ1v) is 8.98. The first kappa shape index (κ1) is 22.2. The number of aliphatic imine (C=N–C) groups is 1. The van der Waals surface area contributed by atoms with E-state index < -0.39 is 0 Å². The van der Waals surface area contributed by atoms with Crippen molar-refractivity contribution in [2.75, 3.05) is 33.4 Å². The highest BCUT2D eigenvalue weighted by molar-refractivity contribution is 14.0. The second-order valence-corrected chi connectivity index (χ2v) is 6.17. The van der Waals surface area contributed by atoms with E-state index in [0.717, 1.165) is 38.4 Å². The van der Waals surface area contributed by atoms with Gasteiger partial charge in [-0.2, -0.15) is 0 Å². The Bertz CT molecular complexity index is 502. The van der Waals surface area contributed by atoms with Crippen molar-refractivity contribution in [3.05, 3.63) is 35.4 Å². The Labute approximate surface area is 169 Å². The Morgan fingerprint density at radius 1 is 1.36 bits per heavy atom. The topological polar surface area (TPSA) is 54.9 Å². The number of ether oxygens (including phenoxy) is 2. The van der Waals surface area contributed by atoms with Crippen molar-refractivity contribution in [1.82, 2.24) is 10.6 Å². The van der Waals surface area contributed by atoms with Gasteiger partial charge in [0.15, 0.2) is 5.96 Å². The van der Waals surface area contributed by atoms with Crippen molar-refractivity contribution in [3.8, 4) is 0 Å². The van der Waals surface area contributed by atoms with Gasteiger partial charge in [0.1, 0.15) is 0 Å². The molecule has 0 aliphatic carbocycles. The van der Waals surface area contributed by atoms with Gasteiger partial charge in [-0.25, -0.2) is 0 Å². The van der Waals surface area contributed by atoms with Gasteiger partial charge in [0.05, 0.1) is 25.4 Å². The zero-order valence-corrected chi connectivity index (χ0v) is 17.9. The molecule has 1 aliphatic rings. The molecular formula is C19H32IN3O2. The SMILES string of the molecule is CCc1ccc(C(C)NC(=NC)NCCOCC2CCCO2)cc1.I. The number of guanidine groups is 1. The summed E-state index contributed by atoms with van der Waals surface area (Å²) in [6, 6.07) is 8.92. The number of hydrogen-bond donors (Lipinski definition) is 2. The monoisotopic (exact) mass is 461 g/mol. The van der Waals surface area contributed by atoms with E-state index in [4.69, 9.17) is 9.47 Å². The maximum atomic E-state index is 5.66. The third-order valence-corrected chi connectivity index (χ3v) is 4.33. The molecule has 0 aromatic heterocycles. The van der Waals surface area contributed by atoms with Gasteiger partial charge in [-0.05, 0) is 37.3 Å². The van der Waals surface area contributed by atoms with Crippen LogP contribution in [-0.4, -0.2) is 45.5 Å². The quantitative estimate of drug-likeness (QED) is 0.270. The Hall–Kier alpha value is -0.860. The lowest BCUT2D eigenvalue weighted by Crippen LogP contribution is -2.40. The van der Waals surface area contributed by atoms with E-state index in [0.29, 0.717) is 13.2 Å². The van der Waals surface area contributed by atoms with Crippen LogP contribution in [0.15, 0.2) is 29.3 Å². The first-order valence-electron chi connectivity index (χ1n) is 8.98. The molecule has 25 heavy (non-hydrogen) atoms. The van der Waals surface area contributed by atoms with Crippen LogP contribution >= 0.6 is 24.0 Å². The second kappa shape index (κ2) is 12.5. The molecule has 2 N–H and O–H groups in total. The molecule has 0 saturated carbocycles. The van der Waals surface area contributed by atoms with Crippen LogP contribution in [0.25, 0.3) is 0 Å². The van der Waals surface area contributed by atoms with Crippen LogP contribution in [0.4, 0.5) is 0 Å². The van der Waals surface area contributed by atoms with Crippen molar-refractivity contribution in [2.45, 2.75) is 45.3 Å². The standard InChI is InChI=1S/C19H31N3O2.HI/c1-4-16-7-9-17(10-8-16)15(2)22-19(20-3)21-11-13-23-14-18-6-5-12-24-18;/h7-10,15,18H,4-6,11-14H2,1-3H3,(H2,20,21,22);1H. The molecule has 2 unspecified atom stereocenters. The van der Waals surface area contributed by atoms with Crippen LogP contribution in [0.1, 0.15) is 43.9 Å². The third kappa shape index (κ3) is 7.92. The highest BCUT2D eigenvalue weighted by Gasteiger charge is 2.15. The number of benzene rings is 1. The fourth-order valence-corrected chi connectivity index (χ4v) is 2.76. The van der Waals surface area contributed by atoms with Gasteiger partial charge in [-0.15, -0.1) is 24.0 Å². The Morgan fingerprint density at radius 2 is 2.12 bits per heavy atom. The second-order valence-electron chi connectivity index (χ2n) is 6.17. The number of aryl methyl sites for hydroxylation is 1. The molecule has 0 bridgehead atoms. The summed E-state index contributed by atoms with van der Waals surface area (Å²) < 4.78 is 11.2. The molecule has 6 heteroatoms. The first-order chi connectivity index (χ1) is 11.7. The number of rotatable bonds is 8. The van der Waals surface area contributed by atoms with E-state index in [-0.39, 0.29) is 36.1 Å². The molecule has 2 rings (SSSR count). The van der Waals surface area contributed by atoms with Crippen LogP contribution in [-0.2, 0) is 15.9 Å². The van der Waals surface area contributed by atoms with Crippen LogP contribution in [0, 0.1) is 0 Å². The minimum atomic E-state index is 0. The van der Waals surface area contributed by atoms with Crippen molar-refractivity contribution in [1.29, 1.82) is 0 Å². The average molecular weight is 461 g/mol. The molecule has 1 heterocycles. The zero-order valence-electron chi connectivity index (χ0n) is 15.6. The minimum absolute atomic E-state index is 0. The molecule has 0 radical (unpaired) electrons. The lowest BCUT2D eigenvalue weighted by Gasteiger charge is -2.19. The third-order valence-electron chi connectivity index (χ3n) is 4.33. The number of halogens is 1. The van der Waals surface area contributed by atoms with E-state index in [1.807, 2.05) is 0 Å². The summed E-state index contributed by atoms with van der Waals surface area (Å²) in [5.41, 5.74) is 2.61. The molecule has 1 fully saturated rings. The van der Waals surface area contributed by atoms with Gasteiger partial charge in [0.25, 0.3) is 0 Å². The van der Waals surface area contributed by atoms with Crippen LogP contribution in [0.2, 0.25) is 0 Å². The zero-order chi connectivity index (χ0) is 17.2. The Kier molecular flexibility index (Phi) is 11.1. The summed E-state index contributed by atoms with van der Waals surface area (Å²) in [4.78, 5) is 4.28. The molecule has 0 spiro atoms. The molecule has 0 amide bonds. The lowest BCUT2D eigenvalue weighted by molar-refractivity contribution is 0.0191. The van der Waals surface area contributed by atoms with E-state index in [2.05, 4.69) is 53.7 Å². The largest absolute Gasteiger partial charge is 0.377 e. The summed E-state index contributed by atoms with van der Waals surface area (Å²) in [5, 5.41) is 6.70. The number of nitrogens with one attached hydrogen (secondary N) is 2. The fraction of sp³-hybridized carbons (Fsp3) is 0.632. The van der Waals surface area contributed by atoms with E-state index in [1.165, 1.54) is 11.1 Å². The van der Waals surface area contributed by atoms with Gasteiger partial charge >= 0.3 is 0 Å². The van der Waals surface area contributed by atoms with E-state index in [1.54, 1.807) is 7.05 Å². The normalized spacial score (nSPS) is 18.5. The van der Waals surface area contributed by atoms with Crippen molar-refractivity contribution >= 4 is 29.9 Å². The van der Waals surface area contributed by atoms with Crippen LogP contribution in [0.5, 0.6) is 0 Å². The number of hydrogen-bond acceptors (Lipinski definition) is 3. The Balaban J connectivity index is 0.00000312. The predicted octanol–water partition coefficient (Wildman–Crippen LogP) is 3.29.